The summed E-state index contributed by atoms with van der Waals surface area (Å²) in [7, 11) is 2.24. The molecular formula is C24H29N2O+. The average Bonchev–Trinajstić information content (AvgIpc) is 2.69. The lowest BCUT2D eigenvalue weighted by molar-refractivity contribution is -0.898. The van der Waals surface area contributed by atoms with Crippen LogP contribution in [0.1, 0.15) is 18.4 Å². The van der Waals surface area contributed by atoms with Gasteiger partial charge in [0.15, 0.2) is 0 Å². The van der Waals surface area contributed by atoms with Crippen molar-refractivity contribution in [3.8, 4) is 22.9 Å². The summed E-state index contributed by atoms with van der Waals surface area (Å²) < 4.78 is 6.83. The van der Waals surface area contributed by atoms with E-state index in [-0.39, 0.29) is 0 Å². The molecule has 0 unspecified atom stereocenters. The zero-order valence-electron chi connectivity index (χ0n) is 16.2. The van der Waals surface area contributed by atoms with Crippen LogP contribution in [0.3, 0.4) is 0 Å². The van der Waals surface area contributed by atoms with Gasteiger partial charge in [-0.05, 0) is 60.4 Å². The Bertz CT molecular complexity index is 760. The van der Waals surface area contributed by atoms with Crippen molar-refractivity contribution in [1.82, 2.24) is 0 Å². The normalized spacial score (nSPS) is 10.8. The molecule has 27 heavy (non-hydrogen) atoms. The topological polar surface area (TPSA) is 33.0 Å². The zero-order chi connectivity index (χ0) is 19.5. The SMILES string of the molecule is C=CC[N+](C)(CC=C)CCCCOc1ccc(-c2ccc(C#N)cc2)cc1. The Labute approximate surface area is 163 Å². The van der Waals surface area contributed by atoms with Crippen molar-refractivity contribution in [2.75, 3.05) is 33.3 Å². The van der Waals surface area contributed by atoms with Gasteiger partial charge in [0.1, 0.15) is 5.75 Å². The van der Waals surface area contributed by atoms with E-state index in [2.05, 4.69) is 38.4 Å². The lowest BCUT2D eigenvalue weighted by Gasteiger charge is -2.32. The third kappa shape index (κ3) is 6.44. The minimum Gasteiger partial charge on any atom is -0.494 e. The van der Waals surface area contributed by atoms with E-state index >= 15 is 0 Å². The molecule has 0 bridgehead atoms. The third-order valence-electron chi connectivity index (χ3n) is 4.70. The van der Waals surface area contributed by atoms with Gasteiger partial charge < -0.3 is 9.22 Å². The third-order valence-corrected chi connectivity index (χ3v) is 4.70. The Morgan fingerprint density at radius 1 is 0.926 bits per heavy atom. The van der Waals surface area contributed by atoms with E-state index in [4.69, 9.17) is 10.00 Å². The Kier molecular flexibility index (Phi) is 7.85. The maximum absolute atomic E-state index is 8.88. The van der Waals surface area contributed by atoms with E-state index in [1.54, 1.807) is 0 Å². The van der Waals surface area contributed by atoms with Crippen LogP contribution in [0.5, 0.6) is 5.75 Å². The molecule has 0 radical (unpaired) electrons. The highest BCUT2D eigenvalue weighted by Gasteiger charge is 2.16. The first kappa shape index (κ1) is 20.5. The molecule has 0 N–H and O–H groups in total. The molecule has 140 valence electrons. The molecule has 0 heterocycles. The summed E-state index contributed by atoms with van der Waals surface area (Å²) in [4.78, 5) is 0. The van der Waals surface area contributed by atoms with Gasteiger partial charge in [0.25, 0.3) is 0 Å². The molecule has 0 amide bonds. The van der Waals surface area contributed by atoms with Crippen LogP contribution in [0.25, 0.3) is 11.1 Å². The van der Waals surface area contributed by atoms with Gasteiger partial charge in [-0.25, -0.2) is 0 Å². The lowest BCUT2D eigenvalue weighted by Crippen LogP contribution is -2.45. The fourth-order valence-electron chi connectivity index (χ4n) is 3.15. The summed E-state index contributed by atoms with van der Waals surface area (Å²) in [6.45, 7) is 11.5. The molecule has 0 aromatic heterocycles. The van der Waals surface area contributed by atoms with E-state index in [0.29, 0.717) is 5.56 Å². The highest BCUT2D eigenvalue weighted by atomic mass is 16.5. The molecule has 0 aliphatic rings. The molecule has 3 nitrogen and oxygen atoms in total. The summed E-state index contributed by atoms with van der Waals surface area (Å²) in [5, 5.41) is 8.88. The minimum absolute atomic E-state index is 0.676. The molecule has 0 saturated carbocycles. The van der Waals surface area contributed by atoms with Crippen LogP contribution in [0.4, 0.5) is 0 Å². The molecule has 0 atom stereocenters. The molecule has 0 aliphatic carbocycles. The van der Waals surface area contributed by atoms with Crippen molar-refractivity contribution in [3.05, 3.63) is 79.4 Å². The molecule has 0 spiro atoms. The quantitative estimate of drug-likeness (QED) is 0.313. The maximum Gasteiger partial charge on any atom is 0.119 e. The number of rotatable bonds is 11. The molecule has 3 heteroatoms. The Morgan fingerprint density at radius 3 is 2.00 bits per heavy atom. The van der Waals surface area contributed by atoms with Crippen molar-refractivity contribution < 1.29 is 9.22 Å². The number of unbranched alkanes of at least 4 members (excludes halogenated alkanes) is 1. The fourth-order valence-corrected chi connectivity index (χ4v) is 3.15. The fraction of sp³-hybridized carbons (Fsp3) is 0.292. The Morgan fingerprint density at radius 2 is 1.48 bits per heavy atom. The summed E-state index contributed by atoms with van der Waals surface area (Å²) >= 11 is 0. The Hall–Kier alpha value is -2.83. The number of ether oxygens (including phenoxy) is 1. The van der Waals surface area contributed by atoms with Crippen molar-refractivity contribution in [2.24, 2.45) is 0 Å². The standard InChI is InChI=1S/C24H29N2O/c1-4-16-26(3,17-5-2)18-6-7-19-27-24-14-12-23(13-15-24)22-10-8-21(20-25)9-11-22/h4-5,8-15H,1-2,6-7,16-19H2,3H3/q+1. The minimum atomic E-state index is 0.676. The van der Waals surface area contributed by atoms with Gasteiger partial charge in [-0.1, -0.05) is 37.4 Å². The molecule has 2 aromatic carbocycles. The smallest absolute Gasteiger partial charge is 0.119 e. The first-order chi connectivity index (χ1) is 13.1. The summed E-state index contributed by atoms with van der Waals surface area (Å²) in [6.07, 6.45) is 6.10. The van der Waals surface area contributed by atoms with E-state index in [9.17, 15) is 0 Å². The van der Waals surface area contributed by atoms with Crippen molar-refractivity contribution in [1.29, 1.82) is 5.26 Å². The number of benzene rings is 2. The van der Waals surface area contributed by atoms with Crippen LogP contribution in [0.15, 0.2) is 73.8 Å². The number of nitrogens with zero attached hydrogens (tertiary/aromatic N) is 2. The van der Waals surface area contributed by atoms with E-state index < -0.39 is 0 Å². The average molecular weight is 362 g/mol. The van der Waals surface area contributed by atoms with Crippen LogP contribution in [0, 0.1) is 11.3 Å². The van der Waals surface area contributed by atoms with Crippen LogP contribution in [0.2, 0.25) is 0 Å². The predicted octanol–water partition coefficient (Wildman–Crippen LogP) is 5.20. The van der Waals surface area contributed by atoms with Gasteiger partial charge in [0.2, 0.25) is 0 Å². The molecule has 0 aliphatic heterocycles. The molecule has 0 fully saturated rings. The lowest BCUT2D eigenvalue weighted by atomic mass is 10.0. The van der Waals surface area contributed by atoms with Crippen molar-refractivity contribution >= 4 is 0 Å². The van der Waals surface area contributed by atoms with Crippen LogP contribution in [-0.2, 0) is 0 Å². The number of likely N-dealkylation sites (N-methyl/N-ethyl adjacent to an activating group) is 1. The number of quaternary nitrogens is 1. The van der Waals surface area contributed by atoms with Gasteiger partial charge in [0, 0.05) is 0 Å². The zero-order valence-corrected chi connectivity index (χ0v) is 16.2. The van der Waals surface area contributed by atoms with Gasteiger partial charge >= 0.3 is 0 Å². The number of nitriles is 1. The predicted molar refractivity (Wildman–Crippen MR) is 113 cm³/mol. The van der Waals surface area contributed by atoms with E-state index in [1.807, 2.05) is 48.6 Å². The molecule has 2 rings (SSSR count). The summed E-state index contributed by atoms with van der Waals surface area (Å²) in [6, 6.07) is 17.9. The summed E-state index contributed by atoms with van der Waals surface area (Å²) in [5.41, 5.74) is 2.89. The van der Waals surface area contributed by atoms with Crippen LogP contribution >= 0.6 is 0 Å². The van der Waals surface area contributed by atoms with Gasteiger partial charge in [-0.15, -0.1) is 0 Å². The van der Waals surface area contributed by atoms with Crippen molar-refractivity contribution in [3.63, 3.8) is 0 Å². The van der Waals surface area contributed by atoms with Crippen molar-refractivity contribution in [2.45, 2.75) is 12.8 Å². The Balaban J connectivity index is 1.79. The second-order valence-corrected chi connectivity index (χ2v) is 7.05. The monoisotopic (exact) mass is 361 g/mol. The number of hydrogen-bond acceptors (Lipinski definition) is 2. The number of hydrogen-bond donors (Lipinski definition) is 0. The highest BCUT2D eigenvalue weighted by Crippen LogP contribution is 2.23. The van der Waals surface area contributed by atoms with Crippen LogP contribution < -0.4 is 4.74 Å². The van der Waals surface area contributed by atoms with Crippen LogP contribution in [-0.4, -0.2) is 37.8 Å². The second kappa shape index (κ2) is 10.4. The van der Waals surface area contributed by atoms with Gasteiger partial charge in [-0.3, -0.25) is 0 Å². The van der Waals surface area contributed by atoms with E-state index in [1.165, 1.54) is 0 Å². The summed E-state index contributed by atoms with van der Waals surface area (Å²) in [5.74, 6) is 0.891. The highest BCUT2D eigenvalue weighted by molar-refractivity contribution is 5.64. The first-order valence-corrected chi connectivity index (χ1v) is 9.39. The van der Waals surface area contributed by atoms with E-state index in [0.717, 1.165) is 60.4 Å². The largest absolute Gasteiger partial charge is 0.494 e. The van der Waals surface area contributed by atoms with Gasteiger partial charge in [0.05, 0.1) is 44.9 Å². The van der Waals surface area contributed by atoms with Gasteiger partial charge in [-0.2, -0.15) is 5.26 Å². The molecule has 2 aromatic rings. The second-order valence-electron chi connectivity index (χ2n) is 7.05. The first-order valence-electron chi connectivity index (χ1n) is 9.39. The molecule has 0 saturated heterocycles. The molecular weight excluding hydrogens is 332 g/mol. The maximum atomic E-state index is 8.88.